The van der Waals surface area contributed by atoms with Crippen LogP contribution in [0.3, 0.4) is 0 Å². The van der Waals surface area contributed by atoms with Gasteiger partial charge in [-0.15, -0.1) is 0 Å². The van der Waals surface area contributed by atoms with Gasteiger partial charge in [0, 0.05) is 17.1 Å². The highest BCUT2D eigenvalue weighted by Crippen LogP contribution is 2.28. The lowest BCUT2D eigenvalue weighted by molar-refractivity contribution is 0.197. The Morgan fingerprint density at radius 1 is 1.14 bits per heavy atom. The van der Waals surface area contributed by atoms with Gasteiger partial charge in [0.15, 0.2) is 0 Å². The van der Waals surface area contributed by atoms with E-state index in [1.165, 1.54) is 6.20 Å². The summed E-state index contributed by atoms with van der Waals surface area (Å²) in [5.74, 6) is 0.557. The van der Waals surface area contributed by atoms with Gasteiger partial charge in [0.25, 0.3) is 0 Å². The van der Waals surface area contributed by atoms with Gasteiger partial charge < -0.3 is 14.9 Å². The van der Waals surface area contributed by atoms with Gasteiger partial charge in [-0.25, -0.2) is 4.79 Å². The zero-order valence-corrected chi connectivity index (χ0v) is 11.8. The van der Waals surface area contributed by atoms with Crippen LogP contribution < -0.4 is 4.74 Å². The van der Waals surface area contributed by atoms with Crippen LogP contribution in [0.1, 0.15) is 11.1 Å². The van der Waals surface area contributed by atoms with Crippen LogP contribution in [-0.4, -0.2) is 20.9 Å². The van der Waals surface area contributed by atoms with Gasteiger partial charge in [-0.2, -0.15) is 0 Å². The molecule has 0 radical (unpaired) electrons. The highest BCUT2D eigenvalue weighted by atomic mass is 16.5. The number of carboxylic acid groups (broad SMARTS) is 1. The molecule has 0 saturated heterocycles. The highest BCUT2D eigenvalue weighted by Gasteiger charge is 2.12. The Hall–Kier alpha value is -2.79. The molecule has 5 nitrogen and oxygen atoms in total. The molecule has 0 aliphatic heterocycles. The maximum Gasteiger partial charge on any atom is 0.415 e. The van der Waals surface area contributed by atoms with E-state index in [-0.39, 0.29) is 6.61 Å². The third-order valence-corrected chi connectivity index (χ3v) is 3.49. The monoisotopic (exact) mass is 297 g/mol. The average Bonchev–Trinajstić information content (AvgIpc) is 2.95. The maximum atomic E-state index is 11.1. The topological polar surface area (TPSA) is 71.7 Å². The lowest BCUT2D eigenvalue weighted by atomic mass is 10.1. The molecule has 0 unspecified atom stereocenters. The number of carbonyl (C=O) groups is 1. The summed E-state index contributed by atoms with van der Waals surface area (Å²) in [4.78, 5) is 11.1. The summed E-state index contributed by atoms with van der Waals surface area (Å²) in [6.45, 7) is 0.170. The van der Waals surface area contributed by atoms with Crippen LogP contribution in [0.4, 0.5) is 4.79 Å². The van der Waals surface area contributed by atoms with Gasteiger partial charge in [-0.1, -0.05) is 30.3 Å². The molecule has 0 aliphatic rings. The predicted octanol–water partition coefficient (Wildman–Crippen LogP) is 3.24. The molecule has 0 aliphatic carbocycles. The smallest absolute Gasteiger partial charge is 0.415 e. The summed E-state index contributed by atoms with van der Waals surface area (Å²) in [7, 11) is 0. The van der Waals surface area contributed by atoms with Crippen molar-refractivity contribution in [2.75, 3.05) is 0 Å². The van der Waals surface area contributed by atoms with Crippen molar-refractivity contribution in [2.24, 2.45) is 0 Å². The quantitative estimate of drug-likeness (QED) is 0.775. The molecule has 3 aromatic rings. The summed E-state index contributed by atoms with van der Waals surface area (Å²) in [6, 6.07) is 14.8. The zero-order chi connectivity index (χ0) is 15.5. The normalized spacial score (nSPS) is 10.8. The standard InChI is InChI=1S/C17H15NO4/c19-10-14-8-15-13(6-7-18(15)17(20)21)9-16(14)22-11-12-4-2-1-3-5-12/h1-9,19H,10-11H2,(H,20,21). The Morgan fingerprint density at radius 2 is 1.91 bits per heavy atom. The average molecular weight is 297 g/mol. The minimum atomic E-state index is -1.06. The highest BCUT2D eigenvalue weighted by molar-refractivity contribution is 5.90. The van der Waals surface area contributed by atoms with Crippen molar-refractivity contribution in [3.05, 3.63) is 65.9 Å². The molecule has 1 heterocycles. The number of hydrogen-bond donors (Lipinski definition) is 2. The Labute approximate surface area is 127 Å². The number of aliphatic hydroxyl groups excluding tert-OH is 1. The minimum absolute atomic E-state index is 0.217. The fourth-order valence-electron chi connectivity index (χ4n) is 2.36. The Kier molecular flexibility index (Phi) is 3.80. The molecule has 0 bridgehead atoms. The molecule has 0 saturated carbocycles. The number of fused-ring (bicyclic) bond motifs is 1. The van der Waals surface area contributed by atoms with Crippen molar-refractivity contribution < 1.29 is 19.7 Å². The van der Waals surface area contributed by atoms with E-state index in [1.54, 1.807) is 18.2 Å². The summed E-state index contributed by atoms with van der Waals surface area (Å²) in [5.41, 5.74) is 2.11. The predicted molar refractivity (Wildman–Crippen MR) is 82.1 cm³/mol. The lowest BCUT2D eigenvalue weighted by Gasteiger charge is -2.11. The maximum absolute atomic E-state index is 11.1. The number of ether oxygens (including phenoxy) is 1. The molecule has 0 spiro atoms. The van der Waals surface area contributed by atoms with E-state index >= 15 is 0 Å². The van der Waals surface area contributed by atoms with Gasteiger partial charge in [0.2, 0.25) is 0 Å². The first-order valence-corrected chi connectivity index (χ1v) is 6.84. The van der Waals surface area contributed by atoms with E-state index in [0.717, 1.165) is 15.5 Å². The van der Waals surface area contributed by atoms with Crippen molar-refractivity contribution >= 4 is 17.0 Å². The molecule has 3 rings (SSSR count). The molecule has 0 atom stereocenters. The SMILES string of the molecule is O=C(O)n1ccc2cc(OCc3ccccc3)c(CO)cc21. The Morgan fingerprint density at radius 3 is 2.59 bits per heavy atom. The number of nitrogens with zero attached hydrogens (tertiary/aromatic N) is 1. The summed E-state index contributed by atoms with van der Waals surface area (Å²) < 4.78 is 6.90. The molecule has 0 amide bonds. The first kappa shape index (κ1) is 14.2. The van der Waals surface area contributed by atoms with Crippen LogP contribution >= 0.6 is 0 Å². The summed E-state index contributed by atoms with van der Waals surface area (Å²) in [5, 5.41) is 19.4. The second kappa shape index (κ2) is 5.91. The van der Waals surface area contributed by atoms with E-state index in [2.05, 4.69) is 0 Å². The van der Waals surface area contributed by atoms with E-state index in [1.807, 2.05) is 30.3 Å². The van der Waals surface area contributed by atoms with Crippen LogP contribution in [0.2, 0.25) is 0 Å². The van der Waals surface area contributed by atoms with E-state index < -0.39 is 6.09 Å². The fourth-order valence-corrected chi connectivity index (χ4v) is 2.36. The van der Waals surface area contributed by atoms with E-state index in [9.17, 15) is 9.90 Å². The van der Waals surface area contributed by atoms with E-state index in [0.29, 0.717) is 23.4 Å². The van der Waals surface area contributed by atoms with Gasteiger partial charge in [0.1, 0.15) is 12.4 Å². The van der Waals surface area contributed by atoms with Gasteiger partial charge >= 0.3 is 6.09 Å². The summed E-state index contributed by atoms with van der Waals surface area (Å²) >= 11 is 0. The molecular weight excluding hydrogens is 282 g/mol. The number of rotatable bonds is 4. The molecule has 112 valence electrons. The second-order valence-electron chi connectivity index (χ2n) is 4.92. The molecule has 0 fully saturated rings. The van der Waals surface area contributed by atoms with Crippen LogP contribution in [0.25, 0.3) is 10.9 Å². The number of aromatic nitrogens is 1. The number of hydrogen-bond acceptors (Lipinski definition) is 3. The first-order chi connectivity index (χ1) is 10.7. The van der Waals surface area contributed by atoms with E-state index in [4.69, 9.17) is 9.84 Å². The van der Waals surface area contributed by atoms with Gasteiger partial charge in [0.05, 0.1) is 12.1 Å². The van der Waals surface area contributed by atoms with Crippen molar-refractivity contribution in [1.29, 1.82) is 0 Å². The molecular formula is C17H15NO4. The van der Waals surface area contributed by atoms with Crippen LogP contribution in [-0.2, 0) is 13.2 Å². The van der Waals surface area contributed by atoms with Crippen LogP contribution in [0.5, 0.6) is 5.75 Å². The second-order valence-corrected chi connectivity index (χ2v) is 4.92. The number of benzene rings is 2. The molecule has 22 heavy (non-hydrogen) atoms. The molecule has 1 aromatic heterocycles. The van der Waals surface area contributed by atoms with Crippen LogP contribution in [0, 0.1) is 0 Å². The van der Waals surface area contributed by atoms with Gasteiger partial charge in [-0.3, -0.25) is 4.57 Å². The van der Waals surface area contributed by atoms with Crippen LogP contribution in [0.15, 0.2) is 54.7 Å². The van der Waals surface area contributed by atoms with Crippen molar-refractivity contribution in [1.82, 2.24) is 4.57 Å². The lowest BCUT2D eigenvalue weighted by Crippen LogP contribution is -2.06. The van der Waals surface area contributed by atoms with Crippen molar-refractivity contribution in [3.63, 3.8) is 0 Å². The minimum Gasteiger partial charge on any atom is -0.489 e. The van der Waals surface area contributed by atoms with Crippen molar-refractivity contribution in [3.8, 4) is 5.75 Å². The third kappa shape index (κ3) is 2.66. The fraction of sp³-hybridized carbons (Fsp3) is 0.118. The Bertz CT molecular complexity index is 808. The largest absolute Gasteiger partial charge is 0.489 e. The molecule has 2 aromatic carbocycles. The summed E-state index contributed by atoms with van der Waals surface area (Å²) in [6.07, 6.45) is 0.423. The third-order valence-electron chi connectivity index (χ3n) is 3.49. The van der Waals surface area contributed by atoms with Crippen molar-refractivity contribution in [2.45, 2.75) is 13.2 Å². The first-order valence-electron chi connectivity index (χ1n) is 6.84. The molecule has 5 heteroatoms. The molecule has 2 N–H and O–H groups in total. The number of aliphatic hydroxyl groups is 1. The van der Waals surface area contributed by atoms with Gasteiger partial charge in [-0.05, 0) is 23.8 Å². The Balaban J connectivity index is 1.93. The zero-order valence-electron chi connectivity index (χ0n) is 11.8.